The fourth-order valence-corrected chi connectivity index (χ4v) is 4.45. The Balaban J connectivity index is 2.96. The van der Waals surface area contributed by atoms with Crippen LogP contribution in [0.25, 0.3) is 10.1 Å². The van der Waals surface area contributed by atoms with E-state index in [1.165, 1.54) is 13.7 Å². The van der Waals surface area contributed by atoms with Gasteiger partial charge in [0.1, 0.15) is 5.75 Å². The Morgan fingerprint density at radius 3 is 2.75 bits per heavy atom. The Morgan fingerprint density at radius 2 is 2.00 bits per heavy atom. The number of aromatic hydroxyl groups is 1. The van der Waals surface area contributed by atoms with Crippen molar-refractivity contribution in [1.82, 2.24) is 0 Å². The predicted molar refractivity (Wildman–Crippen MR) is 68.9 cm³/mol. The van der Waals surface area contributed by atoms with Crippen LogP contribution < -0.4 is 0 Å². The van der Waals surface area contributed by atoms with Gasteiger partial charge in [-0.3, -0.25) is 0 Å². The predicted octanol–water partition coefficient (Wildman–Crippen LogP) is 3.82. The molecule has 0 amide bonds. The van der Waals surface area contributed by atoms with E-state index >= 15 is 0 Å². The van der Waals surface area contributed by atoms with Gasteiger partial charge in [0.05, 0.1) is 3.57 Å². The molecule has 0 bridgehead atoms. The number of benzene rings is 1. The van der Waals surface area contributed by atoms with E-state index in [-0.39, 0.29) is 0 Å². The average molecular weight is 402 g/mol. The van der Waals surface area contributed by atoms with Crippen molar-refractivity contribution in [2.75, 3.05) is 0 Å². The summed E-state index contributed by atoms with van der Waals surface area (Å²) in [6.07, 6.45) is 0. The summed E-state index contributed by atoms with van der Waals surface area (Å²) in [4.78, 5) is 0. The van der Waals surface area contributed by atoms with Crippen molar-refractivity contribution in [1.29, 1.82) is 0 Å². The van der Waals surface area contributed by atoms with E-state index < -0.39 is 0 Å². The molecule has 2 aromatic rings. The van der Waals surface area contributed by atoms with Gasteiger partial charge in [0.2, 0.25) is 0 Å². The van der Waals surface area contributed by atoms with Gasteiger partial charge < -0.3 is 5.11 Å². The first kappa shape index (κ1) is 9.01. The van der Waals surface area contributed by atoms with Crippen LogP contribution in [0, 0.1) is 7.14 Å². The summed E-state index contributed by atoms with van der Waals surface area (Å²) < 4.78 is 3.41. The molecule has 0 spiro atoms. The molecular weight excluding hydrogens is 398 g/mol. The van der Waals surface area contributed by atoms with Gasteiger partial charge in [-0.2, -0.15) is 0 Å². The van der Waals surface area contributed by atoms with Crippen LogP contribution in [0.2, 0.25) is 0 Å². The van der Waals surface area contributed by atoms with E-state index in [1.54, 1.807) is 17.4 Å². The van der Waals surface area contributed by atoms with E-state index in [0.29, 0.717) is 5.75 Å². The summed E-state index contributed by atoms with van der Waals surface area (Å²) in [6.45, 7) is 0. The molecule has 2 rings (SSSR count). The van der Waals surface area contributed by atoms with E-state index in [1.807, 2.05) is 6.07 Å². The number of hydrogen-bond donors (Lipinski definition) is 1. The maximum Gasteiger partial charge on any atom is 0.129 e. The van der Waals surface area contributed by atoms with Crippen LogP contribution in [0.1, 0.15) is 0 Å². The number of thiophene rings is 1. The zero-order valence-electron chi connectivity index (χ0n) is 5.84. The first-order chi connectivity index (χ1) is 5.70. The van der Waals surface area contributed by atoms with Crippen LogP contribution in [0.3, 0.4) is 0 Å². The molecule has 0 aliphatic heterocycles. The molecule has 0 atom stereocenters. The summed E-state index contributed by atoms with van der Waals surface area (Å²) >= 11 is 6.18. The Labute approximate surface area is 101 Å². The minimum atomic E-state index is 0.374. The second-order valence-electron chi connectivity index (χ2n) is 2.36. The third kappa shape index (κ3) is 1.33. The quantitative estimate of drug-likeness (QED) is 0.665. The maximum atomic E-state index is 9.45. The summed E-state index contributed by atoms with van der Waals surface area (Å²) in [6, 6.07) is 3.70. The van der Waals surface area contributed by atoms with Crippen LogP contribution >= 0.6 is 56.5 Å². The number of rotatable bonds is 0. The molecule has 1 aromatic carbocycles. The third-order valence-electron chi connectivity index (χ3n) is 1.61. The number of phenols is 1. The molecule has 0 fully saturated rings. The number of fused-ring (bicyclic) bond motifs is 1. The van der Waals surface area contributed by atoms with E-state index in [9.17, 15) is 5.11 Å². The summed E-state index contributed by atoms with van der Waals surface area (Å²) in [5.74, 6) is 0.374. The normalized spacial score (nSPS) is 10.8. The number of hydrogen-bond acceptors (Lipinski definition) is 2. The topological polar surface area (TPSA) is 20.2 Å². The first-order valence-corrected chi connectivity index (χ1v) is 6.28. The van der Waals surface area contributed by atoms with Crippen molar-refractivity contribution in [3.63, 3.8) is 0 Å². The fourth-order valence-electron chi connectivity index (χ4n) is 1.04. The van der Waals surface area contributed by atoms with Gasteiger partial charge in [0.15, 0.2) is 0 Å². The van der Waals surface area contributed by atoms with Gasteiger partial charge in [0.25, 0.3) is 0 Å². The zero-order chi connectivity index (χ0) is 8.72. The lowest BCUT2D eigenvalue weighted by atomic mass is 10.2. The molecule has 1 aromatic heterocycles. The maximum absolute atomic E-state index is 9.45. The second kappa shape index (κ2) is 3.30. The second-order valence-corrected chi connectivity index (χ2v) is 5.51. The summed E-state index contributed by atoms with van der Waals surface area (Å²) in [5.41, 5.74) is 0. The Bertz CT molecular complexity index is 436. The van der Waals surface area contributed by atoms with Crippen molar-refractivity contribution < 1.29 is 5.11 Å². The largest absolute Gasteiger partial charge is 0.507 e. The highest BCUT2D eigenvalue weighted by atomic mass is 127. The lowest BCUT2D eigenvalue weighted by molar-refractivity contribution is 0.472. The molecule has 1 N–H and O–H groups in total. The molecule has 12 heavy (non-hydrogen) atoms. The molecule has 0 saturated carbocycles. The first-order valence-electron chi connectivity index (χ1n) is 3.24. The Hall–Kier alpha value is 0.440. The van der Waals surface area contributed by atoms with E-state index in [0.717, 1.165) is 3.57 Å². The fraction of sp³-hybridized carbons (Fsp3) is 0. The summed E-state index contributed by atoms with van der Waals surface area (Å²) in [7, 11) is 0. The SMILES string of the molecule is Oc1ccc2scc(I)c2c1I. The van der Waals surface area contributed by atoms with E-state index in [2.05, 4.69) is 50.6 Å². The molecule has 62 valence electrons. The van der Waals surface area contributed by atoms with Crippen molar-refractivity contribution >= 4 is 66.6 Å². The Kier molecular flexibility index (Phi) is 2.48. The summed E-state index contributed by atoms with van der Waals surface area (Å²) in [5, 5.41) is 12.7. The van der Waals surface area contributed by atoms with Gasteiger partial charge in [-0.05, 0) is 57.3 Å². The van der Waals surface area contributed by atoms with Crippen molar-refractivity contribution in [2.45, 2.75) is 0 Å². The molecule has 1 heterocycles. The standard InChI is InChI=1S/C8H4I2OS/c9-4-3-12-6-2-1-5(11)8(10)7(4)6/h1-3,11H. The average Bonchev–Trinajstić information content (AvgIpc) is 2.41. The van der Waals surface area contributed by atoms with Gasteiger partial charge in [-0.25, -0.2) is 0 Å². The highest BCUT2D eigenvalue weighted by molar-refractivity contribution is 14.1. The van der Waals surface area contributed by atoms with Crippen LogP contribution in [-0.2, 0) is 0 Å². The Morgan fingerprint density at radius 1 is 1.25 bits per heavy atom. The zero-order valence-corrected chi connectivity index (χ0v) is 11.0. The van der Waals surface area contributed by atoms with Crippen LogP contribution in [0.5, 0.6) is 5.75 Å². The molecular formula is C8H4I2OS. The molecule has 1 nitrogen and oxygen atoms in total. The molecule has 0 unspecified atom stereocenters. The molecule has 4 heteroatoms. The minimum Gasteiger partial charge on any atom is -0.507 e. The molecule has 0 aliphatic rings. The molecule has 0 saturated heterocycles. The van der Waals surface area contributed by atoms with Crippen LogP contribution in [0.15, 0.2) is 17.5 Å². The molecule has 0 aliphatic carbocycles. The monoisotopic (exact) mass is 402 g/mol. The minimum absolute atomic E-state index is 0.374. The smallest absolute Gasteiger partial charge is 0.129 e. The highest BCUT2D eigenvalue weighted by Gasteiger charge is 2.08. The van der Waals surface area contributed by atoms with Crippen molar-refractivity contribution in [3.8, 4) is 5.75 Å². The van der Waals surface area contributed by atoms with E-state index in [4.69, 9.17) is 0 Å². The molecule has 0 radical (unpaired) electrons. The van der Waals surface area contributed by atoms with Crippen LogP contribution in [0.4, 0.5) is 0 Å². The van der Waals surface area contributed by atoms with Gasteiger partial charge in [-0.1, -0.05) is 0 Å². The number of phenolic OH excluding ortho intramolecular Hbond substituents is 1. The highest BCUT2D eigenvalue weighted by Crippen LogP contribution is 2.35. The van der Waals surface area contributed by atoms with Crippen LogP contribution in [-0.4, -0.2) is 5.11 Å². The number of halogens is 2. The van der Waals surface area contributed by atoms with Gasteiger partial charge in [-0.15, -0.1) is 11.3 Å². The lowest BCUT2D eigenvalue weighted by Crippen LogP contribution is -1.75. The van der Waals surface area contributed by atoms with Gasteiger partial charge in [0, 0.05) is 19.0 Å². The lowest BCUT2D eigenvalue weighted by Gasteiger charge is -1.98. The van der Waals surface area contributed by atoms with Crippen molar-refractivity contribution in [2.24, 2.45) is 0 Å². The third-order valence-corrected chi connectivity index (χ3v) is 4.92. The van der Waals surface area contributed by atoms with Gasteiger partial charge >= 0.3 is 0 Å². The van der Waals surface area contributed by atoms with Crippen molar-refractivity contribution in [3.05, 3.63) is 24.7 Å².